The minimum atomic E-state index is -0.501. The van der Waals surface area contributed by atoms with Crippen LogP contribution in [0.15, 0.2) is 9.59 Å². The van der Waals surface area contributed by atoms with Gasteiger partial charge in [0.2, 0.25) is 5.88 Å². The Morgan fingerprint density at radius 2 is 1.89 bits per heavy atom. The molecule has 2 N–H and O–H groups in total. The van der Waals surface area contributed by atoms with Gasteiger partial charge in [-0.1, -0.05) is 19.8 Å². The second-order valence-electron chi connectivity index (χ2n) is 5.54. The smallest absolute Gasteiger partial charge is 0.331 e. The highest BCUT2D eigenvalue weighted by atomic mass is 16.3. The molecule has 2 rings (SSSR count). The maximum Gasteiger partial charge on any atom is 0.331 e. The van der Waals surface area contributed by atoms with Gasteiger partial charge >= 0.3 is 5.69 Å². The topological polar surface area (TPSA) is 75.1 Å². The van der Waals surface area contributed by atoms with Crippen LogP contribution in [-0.2, 0) is 0 Å². The largest absolute Gasteiger partial charge is 0.494 e. The summed E-state index contributed by atoms with van der Waals surface area (Å²) in [5.74, 6) is 0.565. The fraction of sp³-hybridized carbons (Fsp3) is 0.714. The number of hydrogen-bond acceptors (Lipinski definition) is 3. The molecule has 0 amide bonds. The highest BCUT2D eigenvalue weighted by molar-refractivity contribution is 5.21. The molecule has 0 unspecified atom stereocenters. The molecule has 5 nitrogen and oxygen atoms in total. The summed E-state index contributed by atoms with van der Waals surface area (Å²) in [5.41, 5.74) is -0.777. The molecular weight excluding hydrogens is 244 g/mol. The van der Waals surface area contributed by atoms with Crippen molar-refractivity contribution in [3.8, 4) is 5.88 Å². The lowest BCUT2D eigenvalue weighted by molar-refractivity contribution is 0.239. The van der Waals surface area contributed by atoms with Crippen molar-refractivity contribution in [2.75, 3.05) is 0 Å². The zero-order chi connectivity index (χ0) is 14.0. The van der Waals surface area contributed by atoms with Crippen LogP contribution < -0.4 is 11.2 Å². The van der Waals surface area contributed by atoms with Gasteiger partial charge in [-0.25, -0.2) is 4.79 Å². The van der Waals surface area contributed by atoms with E-state index in [1.165, 1.54) is 24.3 Å². The Hall–Kier alpha value is -1.52. The Balaban J connectivity index is 2.23. The predicted molar refractivity (Wildman–Crippen MR) is 73.6 cm³/mol. The second kappa shape index (κ2) is 5.63. The zero-order valence-corrected chi connectivity index (χ0v) is 11.6. The van der Waals surface area contributed by atoms with Crippen molar-refractivity contribution in [3.63, 3.8) is 0 Å². The molecule has 0 aliphatic heterocycles. The van der Waals surface area contributed by atoms with Gasteiger partial charge in [-0.05, 0) is 38.5 Å². The lowest BCUT2D eigenvalue weighted by Crippen LogP contribution is -2.35. The van der Waals surface area contributed by atoms with Crippen LogP contribution in [0.3, 0.4) is 0 Å². The summed E-state index contributed by atoms with van der Waals surface area (Å²) < 4.78 is 1.36. The Morgan fingerprint density at radius 1 is 1.26 bits per heavy atom. The molecule has 0 aromatic carbocycles. The van der Waals surface area contributed by atoms with Crippen LogP contribution in [0.2, 0.25) is 0 Å². The monoisotopic (exact) mass is 266 g/mol. The van der Waals surface area contributed by atoms with Crippen LogP contribution in [0.5, 0.6) is 5.88 Å². The van der Waals surface area contributed by atoms with E-state index in [9.17, 15) is 14.7 Å². The first-order chi connectivity index (χ1) is 9.04. The third kappa shape index (κ3) is 2.74. The highest BCUT2D eigenvalue weighted by Crippen LogP contribution is 2.35. The van der Waals surface area contributed by atoms with Crippen LogP contribution >= 0.6 is 0 Å². The molecule has 0 saturated heterocycles. The summed E-state index contributed by atoms with van der Waals surface area (Å²) in [6.07, 6.45) is 6.38. The third-order valence-corrected chi connectivity index (χ3v) is 4.22. The molecular formula is C14H22N2O3. The maximum absolute atomic E-state index is 11.9. The Morgan fingerprint density at radius 3 is 2.47 bits per heavy atom. The van der Waals surface area contributed by atoms with E-state index in [-0.39, 0.29) is 17.5 Å². The predicted octanol–water partition coefficient (Wildman–Crippen LogP) is 2.08. The number of hydrogen-bond donors (Lipinski definition) is 2. The minimum Gasteiger partial charge on any atom is -0.494 e. The van der Waals surface area contributed by atoms with Crippen molar-refractivity contribution in [2.45, 2.75) is 58.4 Å². The fourth-order valence-electron chi connectivity index (χ4n) is 3.07. The Kier molecular flexibility index (Phi) is 4.12. The summed E-state index contributed by atoms with van der Waals surface area (Å²) >= 11 is 0. The van der Waals surface area contributed by atoms with E-state index in [0.717, 1.165) is 31.6 Å². The van der Waals surface area contributed by atoms with Gasteiger partial charge in [0.15, 0.2) is 0 Å². The lowest BCUT2D eigenvalue weighted by Gasteiger charge is -2.30. The Labute approximate surface area is 112 Å². The van der Waals surface area contributed by atoms with E-state index in [1.54, 1.807) is 0 Å². The van der Waals surface area contributed by atoms with Gasteiger partial charge in [0.25, 0.3) is 5.56 Å². The Bertz CT molecular complexity index is 551. The average Bonchev–Trinajstić information content (AvgIpc) is 2.38. The summed E-state index contributed by atoms with van der Waals surface area (Å²) in [4.78, 5) is 25.5. The molecule has 1 heterocycles. The van der Waals surface area contributed by atoms with Crippen molar-refractivity contribution < 1.29 is 5.11 Å². The molecule has 106 valence electrons. The molecule has 0 radical (unpaired) electrons. The maximum atomic E-state index is 11.9. The van der Waals surface area contributed by atoms with Crippen LogP contribution in [0.4, 0.5) is 0 Å². The highest BCUT2D eigenvalue weighted by Gasteiger charge is 2.25. The molecule has 19 heavy (non-hydrogen) atoms. The van der Waals surface area contributed by atoms with Crippen LogP contribution in [0.25, 0.3) is 0 Å². The van der Waals surface area contributed by atoms with Crippen molar-refractivity contribution in [2.24, 2.45) is 5.92 Å². The second-order valence-corrected chi connectivity index (χ2v) is 5.54. The van der Waals surface area contributed by atoms with Crippen molar-refractivity contribution in [1.82, 2.24) is 9.55 Å². The molecule has 1 fully saturated rings. The van der Waals surface area contributed by atoms with Gasteiger partial charge in [-0.3, -0.25) is 14.3 Å². The van der Waals surface area contributed by atoms with Gasteiger partial charge in [-0.2, -0.15) is 0 Å². The van der Waals surface area contributed by atoms with Gasteiger partial charge in [0.05, 0.1) is 5.56 Å². The van der Waals surface area contributed by atoms with Gasteiger partial charge in [0, 0.05) is 6.04 Å². The number of H-pyrrole nitrogens is 1. The van der Waals surface area contributed by atoms with Crippen LogP contribution in [0, 0.1) is 12.8 Å². The molecule has 1 aliphatic rings. The molecule has 0 spiro atoms. The molecule has 1 aliphatic carbocycles. The zero-order valence-electron chi connectivity index (χ0n) is 11.6. The van der Waals surface area contributed by atoms with Crippen molar-refractivity contribution >= 4 is 0 Å². The summed E-state index contributed by atoms with van der Waals surface area (Å²) in [6.45, 7) is 3.72. The normalized spacial score (nSPS) is 23.5. The fourth-order valence-corrected chi connectivity index (χ4v) is 3.07. The van der Waals surface area contributed by atoms with E-state index in [1.807, 2.05) is 0 Å². The molecule has 0 atom stereocenters. The number of rotatable bonds is 3. The van der Waals surface area contributed by atoms with E-state index in [2.05, 4.69) is 11.9 Å². The standard InChI is InChI=1S/C14H22N2O3/c1-3-4-10-5-7-11(8-6-10)16-13(18)9(2)12(17)15-14(16)19/h10-11,18H,3-8H2,1-2H3,(H,15,17,19). The van der Waals surface area contributed by atoms with E-state index in [0.29, 0.717) is 0 Å². The number of aromatic nitrogens is 2. The van der Waals surface area contributed by atoms with E-state index < -0.39 is 11.2 Å². The van der Waals surface area contributed by atoms with Gasteiger partial charge in [-0.15, -0.1) is 0 Å². The summed E-state index contributed by atoms with van der Waals surface area (Å²) in [6, 6.07) is 0.0103. The third-order valence-electron chi connectivity index (χ3n) is 4.22. The summed E-state index contributed by atoms with van der Waals surface area (Å²) in [5, 5.41) is 10.0. The van der Waals surface area contributed by atoms with E-state index in [4.69, 9.17) is 0 Å². The minimum absolute atomic E-state index is 0.0103. The van der Waals surface area contributed by atoms with Gasteiger partial charge in [0.1, 0.15) is 0 Å². The van der Waals surface area contributed by atoms with Crippen LogP contribution in [0.1, 0.15) is 57.1 Å². The van der Waals surface area contributed by atoms with Crippen LogP contribution in [-0.4, -0.2) is 14.7 Å². The SMILES string of the molecule is CCCC1CCC(n2c(O)c(C)c(=O)[nH]c2=O)CC1. The van der Waals surface area contributed by atoms with E-state index >= 15 is 0 Å². The number of nitrogens with one attached hydrogen (secondary N) is 1. The summed E-state index contributed by atoms with van der Waals surface area (Å²) in [7, 11) is 0. The first-order valence-corrected chi connectivity index (χ1v) is 7.09. The first kappa shape index (κ1) is 13.9. The first-order valence-electron chi connectivity index (χ1n) is 7.09. The number of aromatic hydroxyl groups is 1. The van der Waals surface area contributed by atoms with Crippen molar-refractivity contribution in [1.29, 1.82) is 0 Å². The average molecular weight is 266 g/mol. The molecule has 1 saturated carbocycles. The molecule has 1 aromatic rings. The molecule has 0 bridgehead atoms. The molecule has 1 aromatic heterocycles. The molecule has 5 heteroatoms. The van der Waals surface area contributed by atoms with Gasteiger partial charge < -0.3 is 5.11 Å². The number of aromatic amines is 1. The number of nitrogens with zero attached hydrogens (tertiary/aromatic N) is 1. The quantitative estimate of drug-likeness (QED) is 0.879. The lowest BCUT2D eigenvalue weighted by atomic mass is 9.83. The van der Waals surface area contributed by atoms with Crippen molar-refractivity contribution in [3.05, 3.63) is 26.4 Å².